The molecule has 0 radical (unpaired) electrons. The Morgan fingerprint density at radius 2 is 1.46 bits per heavy atom. The number of hydrogen-bond donors (Lipinski definition) is 1. The normalized spacial score (nSPS) is 15.1. The lowest BCUT2D eigenvalue weighted by atomic mass is 9.97. The van der Waals surface area contributed by atoms with Gasteiger partial charge in [0.05, 0.1) is 12.6 Å². The summed E-state index contributed by atoms with van der Waals surface area (Å²) in [4.78, 5) is 17.1. The van der Waals surface area contributed by atoms with Crippen LogP contribution in [0.25, 0.3) is 10.8 Å². The van der Waals surface area contributed by atoms with Gasteiger partial charge >= 0.3 is 5.97 Å². The highest BCUT2D eigenvalue weighted by Crippen LogP contribution is 2.30. The molecule has 1 aliphatic rings. The van der Waals surface area contributed by atoms with Gasteiger partial charge in [-0.25, -0.2) is 4.79 Å². The Bertz CT molecular complexity index is 1270. The van der Waals surface area contributed by atoms with Crippen molar-refractivity contribution in [1.82, 2.24) is 9.80 Å². The molecule has 1 heterocycles. The fourth-order valence-corrected chi connectivity index (χ4v) is 5.42. The molecule has 1 N–H and O–H groups in total. The van der Waals surface area contributed by atoms with Crippen LogP contribution in [-0.2, 0) is 0 Å². The average molecular weight is 495 g/mol. The number of hydrogen-bond acceptors (Lipinski definition) is 4. The van der Waals surface area contributed by atoms with Gasteiger partial charge in [-0.1, -0.05) is 91.0 Å². The van der Waals surface area contributed by atoms with E-state index < -0.39 is 5.97 Å². The molecule has 0 aliphatic carbocycles. The van der Waals surface area contributed by atoms with E-state index in [1.165, 1.54) is 11.1 Å². The molecule has 0 saturated carbocycles. The van der Waals surface area contributed by atoms with Crippen molar-refractivity contribution in [1.29, 1.82) is 0 Å². The highest BCUT2D eigenvalue weighted by Gasteiger charge is 2.25. The smallest absolute Gasteiger partial charge is 0.340 e. The largest absolute Gasteiger partial charge is 0.493 e. The van der Waals surface area contributed by atoms with Crippen LogP contribution in [0.5, 0.6) is 5.75 Å². The van der Waals surface area contributed by atoms with E-state index in [4.69, 9.17) is 4.74 Å². The molecule has 4 aromatic rings. The fourth-order valence-electron chi connectivity index (χ4n) is 5.42. The molecule has 0 spiro atoms. The summed E-state index contributed by atoms with van der Waals surface area (Å²) in [6.45, 7) is 5.56. The van der Waals surface area contributed by atoms with Gasteiger partial charge in [0.1, 0.15) is 11.3 Å². The second-order valence-corrected chi connectivity index (χ2v) is 9.62. The predicted octanol–water partition coefficient (Wildman–Crippen LogP) is 6.10. The van der Waals surface area contributed by atoms with Crippen LogP contribution in [0.15, 0.2) is 97.1 Å². The van der Waals surface area contributed by atoms with E-state index in [0.717, 1.165) is 51.0 Å². The number of benzene rings is 4. The molecular formula is C32H34N2O3. The van der Waals surface area contributed by atoms with Crippen LogP contribution < -0.4 is 4.74 Å². The lowest BCUT2D eigenvalue weighted by Crippen LogP contribution is -2.34. The second kappa shape index (κ2) is 12.0. The Kier molecular flexibility index (Phi) is 8.14. The molecule has 1 fully saturated rings. The highest BCUT2D eigenvalue weighted by molar-refractivity contribution is 6.06. The molecule has 5 rings (SSSR count). The zero-order chi connectivity index (χ0) is 25.5. The minimum Gasteiger partial charge on any atom is -0.493 e. The highest BCUT2D eigenvalue weighted by atomic mass is 16.5. The third-order valence-corrected chi connectivity index (χ3v) is 7.20. The maximum Gasteiger partial charge on any atom is 0.340 e. The van der Waals surface area contributed by atoms with E-state index in [2.05, 4.69) is 70.5 Å². The van der Waals surface area contributed by atoms with Crippen molar-refractivity contribution in [3.63, 3.8) is 0 Å². The number of rotatable bonds is 9. The van der Waals surface area contributed by atoms with Crippen molar-refractivity contribution in [3.8, 4) is 5.75 Å². The summed E-state index contributed by atoms with van der Waals surface area (Å²) in [7, 11) is 0. The first-order valence-electron chi connectivity index (χ1n) is 13.1. The Labute approximate surface area is 218 Å². The minimum atomic E-state index is -0.953. The van der Waals surface area contributed by atoms with Gasteiger partial charge in [-0.2, -0.15) is 0 Å². The summed E-state index contributed by atoms with van der Waals surface area (Å²) in [5, 5.41) is 11.4. The summed E-state index contributed by atoms with van der Waals surface area (Å²) in [6, 6.07) is 33.1. The first-order valence-corrected chi connectivity index (χ1v) is 13.1. The standard InChI is InChI=1S/C32H34N2O3/c35-32(36)30-28-16-8-7-11-25(28)17-18-29(30)37-24-10-20-33-19-9-21-34(23-22-33)31(26-12-3-1-4-13-26)27-14-5-2-6-15-27/h1-8,11-18,31H,9-10,19-24H2,(H,35,36). The Balaban J connectivity index is 1.19. The lowest BCUT2D eigenvalue weighted by molar-refractivity contribution is 0.0694. The average Bonchev–Trinajstić information content (AvgIpc) is 3.17. The Morgan fingerprint density at radius 1 is 0.784 bits per heavy atom. The lowest BCUT2D eigenvalue weighted by Gasteiger charge is -2.31. The SMILES string of the molecule is O=C(O)c1c(OCCCN2CCCN(C(c3ccccc3)c3ccccc3)CC2)ccc2ccccc12. The van der Waals surface area contributed by atoms with Gasteiger partial charge in [0.25, 0.3) is 0 Å². The summed E-state index contributed by atoms with van der Waals surface area (Å²) in [6.07, 6.45) is 1.97. The molecule has 1 aliphatic heterocycles. The molecule has 0 atom stereocenters. The van der Waals surface area contributed by atoms with Crippen molar-refractivity contribution >= 4 is 16.7 Å². The van der Waals surface area contributed by atoms with E-state index >= 15 is 0 Å². The molecule has 0 amide bonds. The fraction of sp³-hybridized carbons (Fsp3) is 0.281. The van der Waals surface area contributed by atoms with Crippen molar-refractivity contribution < 1.29 is 14.6 Å². The van der Waals surface area contributed by atoms with E-state index in [1.54, 1.807) is 6.07 Å². The third-order valence-electron chi connectivity index (χ3n) is 7.20. The molecule has 190 valence electrons. The van der Waals surface area contributed by atoms with Crippen molar-refractivity contribution in [2.45, 2.75) is 18.9 Å². The van der Waals surface area contributed by atoms with Crippen LogP contribution in [0, 0.1) is 0 Å². The first kappa shape index (κ1) is 25.0. The van der Waals surface area contributed by atoms with Crippen LogP contribution in [0.4, 0.5) is 0 Å². The first-order chi connectivity index (χ1) is 18.2. The van der Waals surface area contributed by atoms with Gasteiger partial charge in [-0.3, -0.25) is 4.90 Å². The third kappa shape index (κ3) is 6.01. The molecular weight excluding hydrogens is 460 g/mol. The Morgan fingerprint density at radius 3 is 2.16 bits per heavy atom. The van der Waals surface area contributed by atoms with Crippen LogP contribution >= 0.6 is 0 Å². The monoisotopic (exact) mass is 494 g/mol. The maximum atomic E-state index is 12.0. The summed E-state index contributed by atoms with van der Waals surface area (Å²) in [5.74, 6) is -0.507. The number of ether oxygens (including phenoxy) is 1. The summed E-state index contributed by atoms with van der Waals surface area (Å²) >= 11 is 0. The summed E-state index contributed by atoms with van der Waals surface area (Å²) in [5.41, 5.74) is 2.91. The molecule has 0 aromatic heterocycles. The number of aromatic carboxylic acids is 1. The quantitative estimate of drug-likeness (QED) is 0.285. The maximum absolute atomic E-state index is 12.0. The van der Waals surface area contributed by atoms with E-state index in [0.29, 0.717) is 17.7 Å². The zero-order valence-electron chi connectivity index (χ0n) is 21.1. The van der Waals surface area contributed by atoms with Gasteiger partial charge in [-0.05, 0) is 47.4 Å². The van der Waals surface area contributed by atoms with Gasteiger partial charge in [-0.15, -0.1) is 0 Å². The number of carbonyl (C=O) groups is 1. The Hall–Kier alpha value is -3.67. The van der Waals surface area contributed by atoms with Crippen molar-refractivity contribution in [3.05, 3.63) is 114 Å². The van der Waals surface area contributed by atoms with Gasteiger partial charge in [0.15, 0.2) is 0 Å². The van der Waals surface area contributed by atoms with Gasteiger partial charge in [0, 0.05) is 26.2 Å². The van der Waals surface area contributed by atoms with Crippen LogP contribution in [-0.4, -0.2) is 60.2 Å². The van der Waals surface area contributed by atoms with Gasteiger partial charge in [0.2, 0.25) is 0 Å². The number of nitrogens with zero attached hydrogens (tertiary/aromatic N) is 2. The van der Waals surface area contributed by atoms with Crippen molar-refractivity contribution in [2.75, 3.05) is 39.3 Å². The van der Waals surface area contributed by atoms with E-state index in [1.807, 2.05) is 30.3 Å². The van der Waals surface area contributed by atoms with Crippen LogP contribution in [0.3, 0.4) is 0 Å². The zero-order valence-corrected chi connectivity index (χ0v) is 21.1. The molecule has 4 aromatic carbocycles. The second-order valence-electron chi connectivity index (χ2n) is 9.62. The predicted molar refractivity (Wildman–Crippen MR) is 148 cm³/mol. The van der Waals surface area contributed by atoms with E-state index in [-0.39, 0.29) is 11.6 Å². The van der Waals surface area contributed by atoms with Gasteiger partial charge < -0.3 is 14.7 Å². The topological polar surface area (TPSA) is 53.0 Å². The molecule has 0 unspecified atom stereocenters. The van der Waals surface area contributed by atoms with Crippen LogP contribution in [0.1, 0.15) is 40.4 Å². The summed E-state index contributed by atoms with van der Waals surface area (Å²) < 4.78 is 5.99. The number of fused-ring (bicyclic) bond motifs is 1. The minimum absolute atomic E-state index is 0.247. The molecule has 5 nitrogen and oxygen atoms in total. The molecule has 0 bridgehead atoms. The molecule has 1 saturated heterocycles. The van der Waals surface area contributed by atoms with E-state index in [9.17, 15) is 9.90 Å². The molecule has 5 heteroatoms. The number of carboxylic acids is 1. The number of carboxylic acid groups (broad SMARTS) is 1. The molecule has 37 heavy (non-hydrogen) atoms. The van der Waals surface area contributed by atoms with Crippen LogP contribution in [0.2, 0.25) is 0 Å². The van der Waals surface area contributed by atoms with Crippen molar-refractivity contribution in [2.24, 2.45) is 0 Å².